The molecule has 182 valence electrons. The Morgan fingerprint density at radius 1 is 1.14 bits per heavy atom. The van der Waals surface area contributed by atoms with Gasteiger partial charge in [-0.1, -0.05) is 37.3 Å². The Labute approximate surface area is 221 Å². The second kappa shape index (κ2) is 10.1. The number of fused-ring (bicyclic) bond motifs is 2. The van der Waals surface area contributed by atoms with Crippen LogP contribution in [-0.4, -0.2) is 29.1 Å². The highest BCUT2D eigenvalue weighted by Crippen LogP contribution is 2.35. The number of hydrogen-bond acceptors (Lipinski definition) is 6. The standard InChI is InChI=1S/C28H24IN3O4/c1-4-17(2)35-26-21(29)13-18(14-24(26)34-3)16-30-32-27(25-15-19-9-5-8-12-23(19)36-25)31-22-11-7-6-10-20(22)28(32)33/h5-17H,4H2,1-3H3/t17-/m1/s1. The van der Waals surface area contributed by atoms with Gasteiger partial charge in [0.05, 0.1) is 33.9 Å². The molecule has 36 heavy (non-hydrogen) atoms. The minimum atomic E-state index is -0.286. The Bertz CT molecular complexity index is 1620. The number of para-hydroxylation sites is 2. The maximum Gasteiger partial charge on any atom is 0.282 e. The molecule has 8 heteroatoms. The van der Waals surface area contributed by atoms with Crippen molar-refractivity contribution in [1.29, 1.82) is 0 Å². The number of ether oxygens (including phenoxy) is 2. The minimum Gasteiger partial charge on any atom is -0.493 e. The highest BCUT2D eigenvalue weighted by molar-refractivity contribution is 14.1. The zero-order valence-corrected chi connectivity index (χ0v) is 22.2. The molecule has 3 aromatic carbocycles. The van der Waals surface area contributed by atoms with E-state index in [0.717, 1.165) is 20.9 Å². The molecule has 0 saturated heterocycles. The molecule has 0 amide bonds. The lowest BCUT2D eigenvalue weighted by Crippen LogP contribution is -2.20. The smallest absolute Gasteiger partial charge is 0.282 e. The molecule has 0 bridgehead atoms. The van der Waals surface area contributed by atoms with Crippen LogP contribution >= 0.6 is 22.6 Å². The van der Waals surface area contributed by atoms with Crippen molar-refractivity contribution < 1.29 is 13.9 Å². The van der Waals surface area contributed by atoms with Crippen LogP contribution in [0, 0.1) is 3.57 Å². The van der Waals surface area contributed by atoms with Gasteiger partial charge in [0.25, 0.3) is 5.56 Å². The molecule has 0 saturated carbocycles. The van der Waals surface area contributed by atoms with Crippen LogP contribution in [-0.2, 0) is 0 Å². The SMILES string of the molecule is CC[C@@H](C)Oc1c(I)cc(C=Nn2c(-c3cc4ccccc4o3)nc3ccccc3c2=O)cc1OC. The first-order valence-electron chi connectivity index (χ1n) is 11.6. The van der Waals surface area contributed by atoms with Gasteiger partial charge >= 0.3 is 0 Å². The van der Waals surface area contributed by atoms with E-state index >= 15 is 0 Å². The zero-order chi connectivity index (χ0) is 25.2. The van der Waals surface area contributed by atoms with Crippen molar-refractivity contribution in [3.05, 3.63) is 86.2 Å². The summed E-state index contributed by atoms with van der Waals surface area (Å²) in [6.07, 6.45) is 2.55. The number of rotatable bonds is 7. The quantitative estimate of drug-likeness (QED) is 0.159. The van der Waals surface area contributed by atoms with Crippen LogP contribution in [0.25, 0.3) is 33.5 Å². The van der Waals surface area contributed by atoms with Crippen LogP contribution in [0.3, 0.4) is 0 Å². The summed E-state index contributed by atoms with van der Waals surface area (Å²) in [5.41, 5.74) is 1.75. The van der Waals surface area contributed by atoms with Gasteiger partial charge in [-0.2, -0.15) is 9.78 Å². The number of aromatic nitrogens is 2. The van der Waals surface area contributed by atoms with Gasteiger partial charge in [0.15, 0.2) is 17.3 Å². The molecule has 7 nitrogen and oxygen atoms in total. The predicted octanol–water partition coefficient (Wildman–Crippen LogP) is 6.48. The van der Waals surface area contributed by atoms with Crippen molar-refractivity contribution in [2.24, 2.45) is 5.10 Å². The van der Waals surface area contributed by atoms with Crippen LogP contribution in [0.1, 0.15) is 25.8 Å². The molecule has 1 atom stereocenters. The van der Waals surface area contributed by atoms with Crippen LogP contribution in [0.2, 0.25) is 0 Å². The molecule has 5 aromatic rings. The van der Waals surface area contributed by atoms with Crippen molar-refractivity contribution in [2.75, 3.05) is 7.11 Å². The third-order valence-corrected chi connectivity index (χ3v) is 6.67. The largest absolute Gasteiger partial charge is 0.493 e. The van der Waals surface area contributed by atoms with Crippen LogP contribution in [0.15, 0.2) is 81.0 Å². The molecule has 0 spiro atoms. The van der Waals surface area contributed by atoms with E-state index in [1.165, 1.54) is 4.68 Å². The van der Waals surface area contributed by atoms with Gasteiger partial charge in [-0.25, -0.2) is 4.98 Å². The fourth-order valence-corrected chi connectivity index (χ4v) is 4.57. The summed E-state index contributed by atoms with van der Waals surface area (Å²) in [6, 6.07) is 20.5. The Morgan fingerprint density at radius 2 is 1.92 bits per heavy atom. The van der Waals surface area contributed by atoms with E-state index in [1.807, 2.05) is 61.5 Å². The first-order chi connectivity index (χ1) is 17.5. The average Bonchev–Trinajstić information content (AvgIpc) is 3.33. The van der Waals surface area contributed by atoms with Crippen molar-refractivity contribution in [3.63, 3.8) is 0 Å². The van der Waals surface area contributed by atoms with Gasteiger partial charge in [0.1, 0.15) is 5.58 Å². The Kier molecular flexibility index (Phi) is 6.77. The third-order valence-electron chi connectivity index (χ3n) is 5.87. The van der Waals surface area contributed by atoms with Crippen molar-refractivity contribution in [3.8, 4) is 23.1 Å². The van der Waals surface area contributed by atoms with Crippen LogP contribution < -0.4 is 15.0 Å². The molecule has 2 aromatic heterocycles. The van der Waals surface area contributed by atoms with Crippen molar-refractivity contribution >= 4 is 50.7 Å². The van der Waals surface area contributed by atoms with E-state index in [-0.39, 0.29) is 11.7 Å². The average molecular weight is 593 g/mol. The Balaban J connectivity index is 1.64. The maximum absolute atomic E-state index is 13.5. The fraction of sp³-hybridized carbons (Fsp3) is 0.179. The summed E-state index contributed by atoms with van der Waals surface area (Å²) in [6.45, 7) is 4.09. The first kappa shape index (κ1) is 24.1. The maximum atomic E-state index is 13.5. The highest BCUT2D eigenvalue weighted by Gasteiger charge is 2.17. The second-order valence-corrected chi connectivity index (χ2v) is 9.50. The third kappa shape index (κ3) is 4.60. The molecule has 2 heterocycles. The summed E-state index contributed by atoms with van der Waals surface area (Å²) in [4.78, 5) is 18.2. The molecular weight excluding hydrogens is 569 g/mol. The molecule has 0 unspecified atom stereocenters. The van der Waals surface area contributed by atoms with Gasteiger partial charge in [0, 0.05) is 5.39 Å². The monoisotopic (exact) mass is 593 g/mol. The fourth-order valence-electron chi connectivity index (χ4n) is 3.82. The first-order valence-corrected chi connectivity index (χ1v) is 12.7. The Hall–Kier alpha value is -3.66. The molecule has 5 rings (SSSR count). The minimum absolute atomic E-state index is 0.0561. The second-order valence-electron chi connectivity index (χ2n) is 8.33. The summed E-state index contributed by atoms with van der Waals surface area (Å²) in [7, 11) is 1.60. The van der Waals surface area contributed by atoms with Crippen LogP contribution in [0.5, 0.6) is 11.5 Å². The molecule has 0 N–H and O–H groups in total. The molecular formula is C28H24IN3O4. The number of nitrogens with zero attached hydrogens (tertiary/aromatic N) is 3. The van der Waals surface area contributed by atoms with Gasteiger partial charge in [-0.15, -0.1) is 0 Å². The van der Waals surface area contributed by atoms with Gasteiger partial charge in [-0.05, 0) is 77.9 Å². The van der Waals surface area contributed by atoms with Gasteiger partial charge in [-0.3, -0.25) is 4.79 Å². The van der Waals surface area contributed by atoms with E-state index in [2.05, 4.69) is 34.6 Å². The van der Waals surface area contributed by atoms with Crippen LogP contribution in [0.4, 0.5) is 0 Å². The van der Waals surface area contributed by atoms with Gasteiger partial charge < -0.3 is 13.9 Å². The summed E-state index contributed by atoms with van der Waals surface area (Å²) >= 11 is 2.22. The summed E-state index contributed by atoms with van der Waals surface area (Å²) in [5, 5.41) is 5.94. The number of furan rings is 1. The van der Waals surface area contributed by atoms with E-state index in [9.17, 15) is 4.79 Å². The normalized spacial score (nSPS) is 12.4. The topological polar surface area (TPSA) is 78.9 Å². The van der Waals surface area contributed by atoms with E-state index < -0.39 is 0 Å². The molecule has 0 aliphatic rings. The summed E-state index contributed by atoms with van der Waals surface area (Å²) < 4.78 is 19.8. The Morgan fingerprint density at radius 3 is 2.69 bits per heavy atom. The lowest BCUT2D eigenvalue weighted by Gasteiger charge is -2.17. The van der Waals surface area contributed by atoms with Gasteiger partial charge in [0.2, 0.25) is 5.82 Å². The molecule has 0 radical (unpaired) electrons. The zero-order valence-electron chi connectivity index (χ0n) is 20.1. The van der Waals surface area contributed by atoms with E-state index in [4.69, 9.17) is 18.9 Å². The number of methoxy groups -OCH3 is 1. The lowest BCUT2D eigenvalue weighted by atomic mass is 10.2. The number of hydrogen-bond donors (Lipinski definition) is 0. The molecule has 0 aliphatic carbocycles. The number of benzene rings is 3. The van der Waals surface area contributed by atoms with Crippen molar-refractivity contribution in [1.82, 2.24) is 9.66 Å². The highest BCUT2D eigenvalue weighted by atomic mass is 127. The summed E-state index contributed by atoms with van der Waals surface area (Å²) in [5.74, 6) is 2.08. The predicted molar refractivity (Wildman–Crippen MR) is 150 cm³/mol. The molecule has 0 fully saturated rings. The van der Waals surface area contributed by atoms with Crippen molar-refractivity contribution in [2.45, 2.75) is 26.4 Å². The number of halogens is 1. The molecule has 0 aliphatic heterocycles. The lowest BCUT2D eigenvalue weighted by molar-refractivity contribution is 0.206. The van der Waals surface area contributed by atoms with E-state index in [1.54, 1.807) is 25.5 Å². The van der Waals surface area contributed by atoms with E-state index in [0.29, 0.717) is 39.6 Å².